The molecule has 0 radical (unpaired) electrons. The molecule has 0 aliphatic carbocycles. The SMILES string of the molecule is C/C=C/c1ccccc1OCCCCCI. The molecule has 0 fully saturated rings. The van der Waals surface area contributed by atoms with Gasteiger partial charge in [-0.2, -0.15) is 0 Å². The molecule has 0 saturated heterocycles. The van der Waals surface area contributed by atoms with Gasteiger partial charge in [-0.15, -0.1) is 0 Å². The highest BCUT2D eigenvalue weighted by atomic mass is 127. The van der Waals surface area contributed by atoms with Crippen LogP contribution in [0.2, 0.25) is 0 Å². The van der Waals surface area contributed by atoms with Crippen LogP contribution in [0.5, 0.6) is 5.75 Å². The summed E-state index contributed by atoms with van der Waals surface area (Å²) >= 11 is 2.42. The molecule has 0 heterocycles. The van der Waals surface area contributed by atoms with Crippen LogP contribution in [0.25, 0.3) is 6.08 Å². The second-order valence-corrected chi connectivity index (χ2v) is 4.71. The topological polar surface area (TPSA) is 9.23 Å². The van der Waals surface area contributed by atoms with Crippen molar-refractivity contribution >= 4 is 28.7 Å². The Kier molecular flexibility index (Phi) is 7.30. The van der Waals surface area contributed by atoms with E-state index in [-0.39, 0.29) is 0 Å². The number of hydrogen-bond acceptors (Lipinski definition) is 1. The van der Waals surface area contributed by atoms with E-state index in [1.165, 1.54) is 22.8 Å². The molecule has 0 N–H and O–H groups in total. The lowest BCUT2D eigenvalue weighted by Crippen LogP contribution is -1.98. The maximum atomic E-state index is 5.78. The standard InChI is InChI=1S/C14H19IO/c1-2-8-13-9-4-5-10-14(13)16-12-7-3-6-11-15/h2,4-5,8-10H,3,6-7,11-12H2,1H3/b8-2+. The zero-order valence-electron chi connectivity index (χ0n) is 9.79. The maximum Gasteiger partial charge on any atom is 0.126 e. The van der Waals surface area contributed by atoms with E-state index < -0.39 is 0 Å². The first kappa shape index (κ1) is 13.6. The Morgan fingerprint density at radius 3 is 2.75 bits per heavy atom. The number of halogens is 1. The van der Waals surface area contributed by atoms with Gasteiger partial charge >= 0.3 is 0 Å². The smallest absolute Gasteiger partial charge is 0.126 e. The predicted molar refractivity (Wildman–Crippen MR) is 79.4 cm³/mol. The quantitative estimate of drug-likeness (QED) is 0.400. The molecule has 1 nitrogen and oxygen atoms in total. The molecular formula is C14H19IO. The Hall–Kier alpha value is -0.510. The van der Waals surface area contributed by atoms with Gasteiger partial charge in [0.05, 0.1) is 6.61 Å². The lowest BCUT2D eigenvalue weighted by molar-refractivity contribution is 0.306. The van der Waals surface area contributed by atoms with Gasteiger partial charge in [-0.1, -0.05) is 52.9 Å². The molecule has 0 amide bonds. The van der Waals surface area contributed by atoms with Crippen LogP contribution < -0.4 is 4.74 Å². The first-order valence-electron chi connectivity index (χ1n) is 5.79. The lowest BCUT2D eigenvalue weighted by atomic mass is 10.2. The van der Waals surface area contributed by atoms with Crippen LogP contribution in [0.4, 0.5) is 0 Å². The van der Waals surface area contributed by atoms with Crippen molar-refractivity contribution in [1.82, 2.24) is 0 Å². The maximum absolute atomic E-state index is 5.78. The van der Waals surface area contributed by atoms with E-state index in [0.29, 0.717) is 0 Å². The fraction of sp³-hybridized carbons (Fsp3) is 0.429. The van der Waals surface area contributed by atoms with Gasteiger partial charge in [-0.05, 0) is 36.7 Å². The predicted octanol–water partition coefficient (Wildman–Crippen LogP) is 4.70. The van der Waals surface area contributed by atoms with Crippen LogP contribution in [0, 0.1) is 0 Å². The zero-order chi connectivity index (χ0) is 11.6. The van der Waals surface area contributed by atoms with Crippen molar-refractivity contribution in [3.8, 4) is 5.75 Å². The molecule has 0 bridgehead atoms. The lowest BCUT2D eigenvalue weighted by Gasteiger charge is -2.08. The van der Waals surface area contributed by atoms with Gasteiger partial charge < -0.3 is 4.74 Å². The molecule has 0 unspecified atom stereocenters. The molecule has 0 aliphatic rings. The molecule has 0 aliphatic heterocycles. The summed E-state index contributed by atoms with van der Waals surface area (Å²) in [6.45, 7) is 2.85. The fourth-order valence-corrected chi connectivity index (χ4v) is 2.02. The first-order valence-corrected chi connectivity index (χ1v) is 7.31. The van der Waals surface area contributed by atoms with Crippen LogP contribution in [0.15, 0.2) is 30.3 Å². The zero-order valence-corrected chi connectivity index (χ0v) is 11.9. The Labute approximate surface area is 112 Å². The Balaban J connectivity index is 2.40. The summed E-state index contributed by atoms with van der Waals surface area (Å²) in [5.74, 6) is 0.995. The van der Waals surface area contributed by atoms with E-state index in [9.17, 15) is 0 Å². The molecular weight excluding hydrogens is 311 g/mol. The largest absolute Gasteiger partial charge is 0.493 e. The minimum absolute atomic E-state index is 0.825. The number of hydrogen-bond donors (Lipinski definition) is 0. The highest BCUT2D eigenvalue weighted by Crippen LogP contribution is 2.19. The molecule has 0 atom stereocenters. The van der Waals surface area contributed by atoms with Gasteiger partial charge in [0, 0.05) is 5.56 Å². The first-order chi connectivity index (χ1) is 7.88. The molecule has 0 aromatic heterocycles. The normalized spacial score (nSPS) is 10.9. The van der Waals surface area contributed by atoms with Gasteiger partial charge in [0.2, 0.25) is 0 Å². The molecule has 16 heavy (non-hydrogen) atoms. The van der Waals surface area contributed by atoms with Crippen LogP contribution in [-0.2, 0) is 0 Å². The minimum atomic E-state index is 0.825. The number of rotatable bonds is 7. The summed E-state index contributed by atoms with van der Waals surface area (Å²) in [6.07, 6.45) is 7.82. The fourth-order valence-electron chi connectivity index (χ4n) is 1.48. The summed E-state index contributed by atoms with van der Waals surface area (Å²) in [6, 6.07) is 8.18. The van der Waals surface area contributed by atoms with Gasteiger partial charge in [0.1, 0.15) is 5.75 Å². The van der Waals surface area contributed by atoms with Crippen molar-refractivity contribution in [2.24, 2.45) is 0 Å². The van der Waals surface area contributed by atoms with Gasteiger partial charge in [-0.3, -0.25) is 0 Å². The van der Waals surface area contributed by atoms with E-state index in [2.05, 4.69) is 34.7 Å². The third-order valence-electron chi connectivity index (χ3n) is 2.30. The third kappa shape index (κ3) is 5.01. The van der Waals surface area contributed by atoms with Crippen molar-refractivity contribution in [2.75, 3.05) is 11.0 Å². The molecule has 88 valence electrons. The van der Waals surface area contributed by atoms with E-state index in [4.69, 9.17) is 4.74 Å². The van der Waals surface area contributed by atoms with E-state index in [0.717, 1.165) is 18.8 Å². The summed E-state index contributed by atoms with van der Waals surface area (Å²) in [7, 11) is 0. The second-order valence-electron chi connectivity index (χ2n) is 3.64. The average Bonchev–Trinajstić information content (AvgIpc) is 2.31. The summed E-state index contributed by atoms with van der Waals surface area (Å²) < 4.78 is 7.03. The third-order valence-corrected chi connectivity index (χ3v) is 3.06. The Bertz CT molecular complexity index is 320. The number of ether oxygens (including phenoxy) is 1. The highest BCUT2D eigenvalue weighted by Gasteiger charge is 1.98. The number of alkyl halides is 1. The van der Waals surface area contributed by atoms with Crippen molar-refractivity contribution in [2.45, 2.75) is 26.2 Å². The highest BCUT2D eigenvalue weighted by molar-refractivity contribution is 14.1. The van der Waals surface area contributed by atoms with Gasteiger partial charge in [0.25, 0.3) is 0 Å². The minimum Gasteiger partial charge on any atom is -0.493 e. The number of unbranched alkanes of at least 4 members (excludes halogenated alkanes) is 2. The van der Waals surface area contributed by atoms with Crippen LogP contribution in [0.1, 0.15) is 31.7 Å². The average molecular weight is 330 g/mol. The summed E-state index contributed by atoms with van der Waals surface area (Å²) in [5.41, 5.74) is 1.17. The monoisotopic (exact) mass is 330 g/mol. The number of allylic oxidation sites excluding steroid dienone is 1. The van der Waals surface area contributed by atoms with Gasteiger partial charge in [0.15, 0.2) is 0 Å². The van der Waals surface area contributed by atoms with E-state index in [1.54, 1.807) is 0 Å². The van der Waals surface area contributed by atoms with Crippen LogP contribution in [0.3, 0.4) is 0 Å². The van der Waals surface area contributed by atoms with Gasteiger partial charge in [-0.25, -0.2) is 0 Å². The van der Waals surface area contributed by atoms with Crippen molar-refractivity contribution < 1.29 is 4.74 Å². The molecule has 1 rings (SSSR count). The Morgan fingerprint density at radius 1 is 1.19 bits per heavy atom. The van der Waals surface area contributed by atoms with Crippen molar-refractivity contribution in [1.29, 1.82) is 0 Å². The van der Waals surface area contributed by atoms with Crippen LogP contribution in [-0.4, -0.2) is 11.0 Å². The summed E-state index contributed by atoms with van der Waals surface area (Å²) in [5, 5.41) is 0. The Morgan fingerprint density at radius 2 is 2.00 bits per heavy atom. The van der Waals surface area contributed by atoms with Crippen molar-refractivity contribution in [3.63, 3.8) is 0 Å². The van der Waals surface area contributed by atoms with Crippen molar-refractivity contribution in [3.05, 3.63) is 35.9 Å². The summed E-state index contributed by atoms with van der Waals surface area (Å²) in [4.78, 5) is 0. The van der Waals surface area contributed by atoms with Crippen LogP contribution >= 0.6 is 22.6 Å². The number of benzene rings is 1. The molecule has 1 aromatic rings. The second kappa shape index (κ2) is 8.62. The van der Waals surface area contributed by atoms with E-state index >= 15 is 0 Å². The molecule has 2 heteroatoms. The molecule has 0 spiro atoms. The molecule has 1 aromatic carbocycles. The molecule has 0 saturated carbocycles. The number of para-hydroxylation sites is 1. The van der Waals surface area contributed by atoms with E-state index in [1.807, 2.05) is 31.2 Å².